The summed E-state index contributed by atoms with van der Waals surface area (Å²) in [5.41, 5.74) is 0.231. The Morgan fingerprint density at radius 2 is 2.62 bits per heavy atom. The van der Waals surface area contributed by atoms with E-state index in [9.17, 15) is 4.57 Å². The molecular weight excluding hydrogens is 127 g/mol. The van der Waals surface area contributed by atoms with Crippen LogP contribution in [0.4, 0.5) is 0 Å². The van der Waals surface area contributed by atoms with Gasteiger partial charge in [-0.2, -0.15) is 5.10 Å². The first kappa shape index (κ1) is 5.54. The summed E-state index contributed by atoms with van der Waals surface area (Å²) in [7, 11) is -2.56. The summed E-state index contributed by atoms with van der Waals surface area (Å²) in [5.74, 6) is 0. The van der Waals surface area contributed by atoms with Crippen LogP contribution in [-0.2, 0) is 4.57 Å². The third-order valence-electron chi connectivity index (χ3n) is 0.720. The SMILES string of the molecule is O=[PH](O)c1cc[nH]n1. The molecule has 0 aromatic carbocycles. The first-order valence-electron chi connectivity index (χ1n) is 2.04. The quantitative estimate of drug-likeness (QED) is 0.506. The van der Waals surface area contributed by atoms with Crippen LogP contribution < -0.4 is 5.44 Å². The fourth-order valence-corrected chi connectivity index (χ4v) is 0.765. The molecule has 0 radical (unpaired) electrons. The van der Waals surface area contributed by atoms with Crippen LogP contribution in [-0.4, -0.2) is 15.1 Å². The van der Waals surface area contributed by atoms with Crippen molar-refractivity contribution in [2.75, 3.05) is 0 Å². The predicted octanol–water partition coefficient (Wildman–Crippen LogP) is -0.498. The number of rotatable bonds is 1. The maximum Gasteiger partial charge on any atom is 0.237 e. The molecule has 4 nitrogen and oxygen atoms in total. The van der Waals surface area contributed by atoms with Gasteiger partial charge in [-0.05, 0) is 6.07 Å². The smallest absolute Gasteiger partial charge is 0.237 e. The average molecular weight is 132 g/mol. The maximum absolute atomic E-state index is 10.2. The molecule has 0 saturated carbocycles. The average Bonchev–Trinajstić information content (AvgIpc) is 2.12. The van der Waals surface area contributed by atoms with Gasteiger partial charge in [0.1, 0.15) is 5.44 Å². The zero-order chi connectivity index (χ0) is 5.98. The van der Waals surface area contributed by atoms with E-state index in [0.717, 1.165) is 0 Å². The molecule has 1 heterocycles. The summed E-state index contributed by atoms with van der Waals surface area (Å²) in [5, 5.41) is 5.90. The van der Waals surface area contributed by atoms with E-state index in [1.54, 1.807) is 0 Å². The van der Waals surface area contributed by atoms with Gasteiger partial charge in [0.25, 0.3) is 0 Å². The van der Waals surface area contributed by atoms with Crippen molar-refractivity contribution in [2.45, 2.75) is 0 Å². The standard InChI is InChI=1S/C3H5N2O2P/c6-8(7)3-1-2-4-5-3/h1-2,8H,(H,4,5)(H,6,7). The number of nitrogens with one attached hydrogen (secondary N) is 1. The normalized spacial score (nSPS) is 13.6. The van der Waals surface area contributed by atoms with Crippen molar-refractivity contribution in [1.82, 2.24) is 10.2 Å². The minimum absolute atomic E-state index is 0.231. The van der Waals surface area contributed by atoms with Crippen LogP contribution in [0.5, 0.6) is 0 Å². The van der Waals surface area contributed by atoms with E-state index in [-0.39, 0.29) is 5.44 Å². The number of hydrogen-bond donors (Lipinski definition) is 2. The molecule has 0 aliphatic heterocycles. The zero-order valence-corrected chi connectivity index (χ0v) is 4.96. The Kier molecular flexibility index (Phi) is 1.46. The molecule has 0 fully saturated rings. The molecule has 1 aromatic heterocycles. The summed E-state index contributed by atoms with van der Waals surface area (Å²) in [4.78, 5) is 8.38. The van der Waals surface area contributed by atoms with E-state index in [4.69, 9.17) is 4.89 Å². The molecule has 8 heavy (non-hydrogen) atoms. The van der Waals surface area contributed by atoms with Crippen LogP contribution >= 0.6 is 8.03 Å². The van der Waals surface area contributed by atoms with Crippen molar-refractivity contribution in [3.8, 4) is 0 Å². The van der Waals surface area contributed by atoms with Gasteiger partial charge >= 0.3 is 0 Å². The van der Waals surface area contributed by atoms with E-state index in [1.807, 2.05) is 0 Å². The van der Waals surface area contributed by atoms with Crippen molar-refractivity contribution < 1.29 is 9.46 Å². The van der Waals surface area contributed by atoms with Crippen molar-refractivity contribution in [3.63, 3.8) is 0 Å². The van der Waals surface area contributed by atoms with Gasteiger partial charge in [0.2, 0.25) is 8.03 Å². The summed E-state index contributed by atoms with van der Waals surface area (Å²) in [6, 6.07) is 1.47. The fourth-order valence-electron chi connectivity index (χ4n) is 0.379. The molecule has 0 amide bonds. The molecule has 1 aromatic rings. The highest BCUT2D eigenvalue weighted by Crippen LogP contribution is 2.08. The highest BCUT2D eigenvalue weighted by molar-refractivity contribution is 7.47. The summed E-state index contributed by atoms with van der Waals surface area (Å²) < 4.78 is 10.2. The number of hydrogen-bond acceptors (Lipinski definition) is 2. The van der Waals surface area contributed by atoms with Gasteiger partial charge in [-0.1, -0.05) is 0 Å². The van der Waals surface area contributed by atoms with Crippen molar-refractivity contribution in [3.05, 3.63) is 12.3 Å². The third-order valence-corrected chi connectivity index (χ3v) is 1.44. The minimum atomic E-state index is -2.56. The molecule has 1 rings (SSSR count). The number of aromatic nitrogens is 2. The molecule has 0 aliphatic rings. The van der Waals surface area contributed by atoms with Crippen LogP contribution in [0, 0.1) is 0 Å². The molecule has 0 saturated heterocycles. The minimum Gasteiger partial charge on any atom is -0.342 e. The van der Waals surface area contributed by atoms with Gasteiger partial charge < -0.3 is 4.89 Å². The second-order valence-electron chi connectivity index (χ2n) is 1.26. The van der Waals surface area contributed by atoms with E-state index in [2.05, 4.69) is 10.2 Å². The summed E-state index contributed by atoms with van der Waals surface area (Å²) >= 11 is 0. The number of aromatic amines is 1. The van der Waals surface area contributed by atoms with Gasteiger partial charge in [0.05, 0.1) is 0 Å². The molecule has 1 unspecified atom stereocenters. The highest BCUT2D eigenvalue weighted by atomic mass is 31.1. The van der Waals surface area contributed by atoms with Gasteiger partial charge in [0, 0.05) is 6.20 Å². The first-order chi connectivity index (χ1) is 3.80. The van der Waals surface area contributed by atoms with Crippen LogP contribution in [0.25, 0.3) is 0 Å². The van der Waals surface area contributed by atoms with Crippen LogP contribution in [0.1, 0.15) is 0 Å². The molecule has 5 heteroatoms. The highest BCUT2D eigenvalue weighted by Gasteiger charge is 1.96. The lowest BCUT2D eigenvalue weighted by Gasteiger charge is -1.79. The first-order valence-corrected chi connectivity index (χ1v) is 3.39. The van der Waals surface area contributed by atoms with Crippen LogP contribution in [0.3, 0.4) is 0 Å². The molecule has 1 atom stereocenters. The Labute approximate surface area is 46.4 Å². The van der Waals surface area contributed by atoms with Gasteiger partial charge in [0.15, 0.2) is 0 Å². The Balaban J connectivity index is 2.93. The van der Waals surface area contributed by atoms with Crippen molar-refractivity contribution in [2.24, 2.45) is 0 Å². The molecule has 44 valence electrons. The lowest BCUT2D eigenvalue weighted by Crippen LogP contribution is -1.94. The van der Waals surface area contributed by atoms with E-state index >= 15 is 0 Å². The van der Waals surface area contributed by atoms with Gasteiger partial charge in [-0.25, -0.2) is 0 Å². The number of H-pyrrole nitrogens is 1. The Bertz CT molecular complexity index is 183. The lowest BCUT2D eigenvalue weighted by atomic mass is 10.8. The molecule has 0 aliphatic carbocycles. The van der Waals surface area contributed by atoms with Gasteiger partial charge in [-0.15, -0.1) is 0 Å². The van der Waals surface area contributed by atoms with Crippen LogP contribution in [0.15, 0.2) is 12.3 Å². The fraction of sp³-hybridized carbons (Fsp3) is 0. The van der Waals surface area contributed by atoms with Crippen molar-refractivity contribution in [1.29, 1.82) is 0 Å². The second kappa shape index (κ2) is 2.11. The van der Waals surface area contributed by atoms with Gasteiger partial charge in [-0.3, -0.25) is 9.66 Å². The lowest BCUT2D eigenvalue weighted by molar-refractivity contribution is 0.512. The van der Waals surface area contributed by atoms with E-state index in [1.165, 1.54) is 12.3 Å². The van der Waals surface area contributed by atoms with Crippen LogP contribution in [0.2, 0.25) is 0 Å². The third kappa shape index (κ3) is 0.967. The molecule has 0 bridgehead atoms. The molecular formula is C3H5N2O2P. The Morgan fingerprint density at radius 1 is 1.88 bits per heavy atom. The second-order valence-corrected chi connectivity index (χ2v) is 2.39. The predicted molar refractivity (Wildman–Crippen MR) is 29.4 cm³/mol. The Hall–Kier alpha value is -0.600. The topological polar surface area (TPSA) is 66.0 Å². The van der Waals surface area contributed by atoms with E-state index in [0.29, 0.717) is 0 Å². The summed E-state index contributed by atoms with van der Waals surface area (Å²) in [6.07, 6.45) is 1.51. The monoisotopic (exact) mass is 132 g/mol. The number of nitrogens with zero attached hydrogens (tertiary/aromatic N) is 1. The zero-order valence-electron chi connectivity index (χ0n) is 3.96. The van der Waals surface area contributed by atoms with Crippen molar-refractivity contribution >= 4 is 13.5 Å². The van der Waals surface area contributed by atoms with E-state index < -0.39 is 8.03 Å². The summed E-state index contributed by atoms with van der Waals surface area (Å²) in [6.45, 7) is 0. The molecule has 2 N–H and O–H groups in total. The maximum atomic E-state index is 10.2. The molecule has 0 spiro atoms. The Morgan fingerprint density at radius 3 is 2.88 bits per heavy atom. The largest absolute Gasteiger partial charge is 0.342 e.